The third kappa shape index (κ3) is 8.87. The molecule has 0 fully saturated rings. The van der Waals surface area contributed by atoms with Crippen molar-refractivity contribution in [2.45, 2.75) is 71.3 Å². The summed E-state index contributed by atoms with van der Waals surface area (Å²) in [5, 5.41) is 12.7. The number of hydrogen-bond acceptors (Lipinski definition) is 7. The average molecular weight is 529 g/mol. The molecule has 0 aromatic carbocycles. The summed E-state index contributed by atoms with van der Waals surface area (Å²) in [7, 11) is -1.15. The van der Waals surface area contributed by atoms with Gasteiger partial charge in [0.05, 0.1) is 11.6 Å². The lowest BCUT2D eigenvalue weighted by Gasteiger charge is -2.21. The lowest BCUT2D eigenvalue weighted by atomic mass is 10.1. The third-order valence-electron chi connectivity index (χ3n) is 5.28. The quantitative estimate of drug-likeness (QED) is 0.261. The molecule has 1 atom stereocenters. The van der Waals surface area contributed by atoms with E-state index in [2.05, 4.69) is 34.9 Å². The summed E-state index contributed by atoms with van der Waals surface area (Å²) < 4.78 is 19.0. The Bertz CT molecular complexity index is 1210. The van der Waals surface area contributed by atoms with Crippen molar-refractivity contribution < 1.29 is 28.9 Å². The Labute approximate surface area is 218 Å². The molecule has 3 rings (SSSR count). The van der Waals surface area contributed by atoms with Crippen molar-refractivity contribution in [2.24, 2.45) is 0 Å². The molecule has 0 radical (unpaired) electrons. The summed E-state index contributed by atoms with van der Waals surface area (Å²) in [6.45, 7) is 13.2. The molecule has 0 aliphatic rings. The number of pyridine rings is 2. The number of hydrogen-bond donors (Lipinski definition) is 2. The van der Waals surface area contributed by atoms with E-state index in [0.29, 0.717) is 23.9 Å². The van der Waals surface area contributed by atoms with Gasteiger partial charge in [0.2, 0.25) is 0 Å². The second kappa shape index (κ2) is 11.7. The predicted octanol–water partition coefficient (Wildman–Crippen LogP) is 5.06. The molecule has 1 unspecified atom stereocenters. The number of alkyl carbamates (subject to hydrolysis) is 1. The first-order valence-corrected chi connectivity index (χ1v) is 15.9. The van der Waals surface area contributed by atoms with Crippen molar-refractivity contribution in [2.75, 3.05) is 6.61 Å². The molecule has 0 spiro atoms. The van der Waals surface area contributed by atoms with Crippen molar-refractivity contribution in [3.63, 3.8) is 0 Å². The Balaban J connectivity index is 1.63. The number of aromatic nitrogens is 3. The van der Waals surface area contributed by atoms with Crippen LogP contribution in [0.4, 0.5) is 4.79 Å². The Kier molecular flexibility index (Phi) is 8.92. The number of fused-ring (bicyclic) bond motifs is 1. The molecule has 11 heteroatoms. The molecule has 0 bridgehead atoms. The van der Waals surface area contributed by atoms with Gasteiger partial charge in [0.25, 0.3) is 0 Å². The van der Waals surface area contributed by atoms with Crippen molar-refractivity contribution in [3.05, 3.63) is 48.5 Å². The van der Waals surface area contributed by atoms with Crippen LogP contribution >= 0.6 is 0 Å². The van der Waals surface area contributed by atoms with Crippen molar-refractivity contribution in [1.29, 1.82) is 0 Å². The molecule has 0 saturated heterocycles. The number of ether oxygens (including phenoxy) is 3. The smallest absolute Gasteiger partial charge is 0.408 e. The van der Waals surface area contributed by atoms with E-state index < -0.39 is 31.8 Å². The summed E-state index contributed by atoms with van der Waals surface area (Å²) in [4.78, 5) is 32.4. The maximum atomic E-state index is 12.0. The van der Waals surface area contributed by atoms with E-state index in [1.165, 1.54) is 6.20 Å². The Morgan fingerprint density at radius 3 is 2.51 bits per heavy atom. The van der Waals surface area contributed by atoms with Crippen LogP contribution in [0.15, 0.2) is 42.9 Å². The van der Waals surface area contributed by atoms with Gasteiger partial charge in [-0.2, -0.15) is 0 Å². The Hall–Kier alpha value is -3.44. The molecule has 3 aromatic rings. The van der Waals surface area contributed by atoms with Gasteiger partial charge >= 0.3 is 12.1 Å². The lowest BCUT2D eigenvalue weighted by Crippen LogP contribution is -2.44. The van der Waals surface area contributed by atoms with E-state index in [9.17, 15) is 14.7 Å². The number of nitrogens with one attached hydrogen (secondary N) is 1. The van der Waals surface area contributed by atoms with Gasteiger partial charge in [-0.05, 0) is 51.1 Å². The maximum Gasteiger partial charge on any atom is 0.408 e. The van der Waals surface area contributed by atoms with Gasteiger partial charge in [-0.1, -0.05) is 19.6 Å². The molecular formula is C26H36N4O6Si. The highest BCUT2D eigenvalue weighted by atomic mass is 28.3. The van der Waals surface area contributed by atoms with Gasteiger partial charge in [0, 0.05) is 39.2 Å². The number of rotatable bonds is 11. The fourth-order valence-corrected chi connectivity index (χ4v) is 4.13. The molecule has 10 nitrogen and oxygen atoms in total. The van der Waals surface area contributed by atoms with Gasteiger partial charge in [0.15, 0.2) is 0 Å². The fourth-order valence-electron chi connectivity index (χ4n) is 3.38. The molecule has 2 N–H and O–H groups in total. The van der Waals surface area contributed by atoms with Gasteiger partial charge in [-0.25, -0.2) is 14.6 Å². The minimum absolute atomic E-state index is 0.00505. The van der Waals surface area contributed by atoms with Crippen molar-refractivity contribution in [1.82, 2.24) is 19.9 Å². The molecule has 0 aliphatic carbocycles. The number of carbonyl (C=O) groups excluding carboxylic acids is 1. The van der Waals surface area contributed by atoms with Crippen LogP contribution in [0.5, 0.6) is 11.5 Å². The van der Waals surface area contributed by atoms with Crippen LogP contribution in [-0.2, 0) is 27.4 Å². The zero-order valence-electron chi connectivity index (χ0n) is 22.3. The highest BCUT2D eigenvalue weighted by Crippen LogP contribution is 2.29. The lowest BCUT2D eigenvalue weighted by molar-refractivity contribution is -0.139. The van der Waals surface area contributed by atoms with Crippen LogP contribution < -0.4 is 10.1 Å². The van der Waals surface area contributed by atoms with Crippen LogP contribution in [0.25, 0.3) is 11.0 Å². The summed E-state index contributed by atoms with van der Waals surface area (Å²) in [6.07, 6.45) is 4.32. The van der Waals surface area contributed by atoms with Gasteiger partial charge in [-0.3, -0.25) is 4.98 Å². The monoisotopic (exact) mass is 528 g/mol. The Morgan fingerprint density at radius 2 is 1.89 bits per heavy atom. The molecule has 37 heavy (non-hydrogen) atoms. The highest BCUT2D eigenvalue weighted by Gasteiger charge is 2.24. The van der Waals surface area contributed by atoms with Crippen molar-refractivity contribution in [3.8, 4) is 11.5 Å². The fraction of sp³-hybridized carbons (Fsp3) is 0.462. The van der Waals surface area contributed by atoms with Crippen LogP contribution in [0, 0.1) is 0 Å². The van der Waals surface area contributed by atoms with Crippen LogP contribution in [-0.4, -0.2) is 58.0 Å². The third-order valence-corrected chi connectivity index (χ3v) is 6.98. The van der Waals surface area contributed by atoms with Crippen LogP contribution in [0.1, 0.15) is 26.5 Å². The molecule has 3 heterocycles. The molecule has 200 valence electrons. The van der Waals surface area contributed by atoms with E-state index in [1.807, 2.05) is 16.8 Å². The number of carboxylic acids is 1. The van der Waals surface area contributed by atoms with Crippen LogP contribution in [0.2, 0.25) is 25.7 Å². The largest absolute Gasteiger partial charge is 0.480 e. The first-order valence-electron chi connectivity index (χ1n) is 12.2. The minimum Gasteiger partial charge on any atom is -0.480 e. The summed E-state index contributed by atoms with van der Waals surface area (Å²) >= 11 is 0. The first-order chi connectivity index (χ1) is 17.3. The van der Waals surface area contributed by atoms with E-state index in [0.717, 1.165) is 23.7 Å². The second-order valence-corrected chi connectivity index (χ2v) is 16.6. The number of carbonyl (C=O) groups is 2. The summed E-state index contributed by atoms with van der Waals surface area (Å²) in [5.41, 5.74) is 0.509. The zero-order valence-corrected chi connectivity index (χ0v) is 23.3. The number of amides is 1. The number of aliphatic carboxylic acids is 1. The summed E-state index contributed by atoms with van der Waals surface area (Å²) in [6, 6.07) is 7.00. The molecule has 0 saturated carbocycles. The molecular weight excluding hydrogens is 492 g/mol. The first kappa shape index (κ1) is 28.1. The topological polar surface area (TPSA) is 125 Å². The average Bonchev–Trinajstić information content (AvgIpc) is 3.19. The normalized spacial score (nSPS) is 12.8. The molecule has 1 amide bonds. The number of nitrogens with zero attached hydrogens (tertiary/aromatic N) is 3. The van der Waals surface area contributed by atoms with E-state index in [1.54, 1.807) is 45.2 Å². The van der Waals surface area contributed by atoms with E-state index in [-0.39, 0.29) is 6.42 Å². The van der Waals surface area contributed by atoms with Gasteiger partial charge < -0.3 is 29.2 Å². The second-order valence-electron chi connectivity index (χ2n) is 11.0. The Morgan fingerprint density at radius 1 is 1.14 bits per heavy atom. The zero-order chi connectivity index (χ0) is 27.2. The molecule has 3 aromatic heterocycles. The van der Waals surface area contributed by atoms with E-state index >= 15 is 0 Å². The predicted molar refractivity (Wildman–Crippen MR) is 143 cm³/mol. The highest BCUT2D eigenvalue weighted by molar-refractivity contribution is 6.76. The van der Waals surface area contributed by atoms with Gasteiger partial charge in [0.1, 0.15) is 35.5 Å². The minimum atomic E-state index is -1.18. The summed E-state index contributed by atoms with van der Waals surface area (Å²) in [5.74, 6) is -0.0705. The standard InChI is InChI=1S/C26H36N4O6Si/c1-26(2,3)36-25(33)29-21(24(31)32)15-18-7-8-19(16-28-18)35-22-9-11-27-23-20(22)10-12-30(23)17-34-13-14-37(4,5)6/h7-12,16,21H,13-15,17H2,1-6H3,(H,29,33)(H,31,32). The van der Waals surface area contributed by atoms with Crippen LogP contribution in [0.3, 0.4) is 0 Å². The maximum absolute atomic E-state index is 12.0. The SMILES string of the molecule is CC(C)(C)OC(=O)NC(Cc1ccc(Oc2ccnc3c2ccn3COCC[Si](C)(C)C)cn1)C(=O)O. The van der Waals surface area contributed by atoms with Crippen molar-refractivity contribution >= 4 is 31.2 Å². The molecule has 0 aliphatic heterocycles. The van der Waals surface area contributed by atoms with Gasteiger partial charge in [-0.15, -0.1) is 0 Å². The van der Waals surface area contributed by atoms with E-state index in [4.69, 9.17) is 14.2 Å². The number of carboxylic acid groups (broad SMARTS) is 1.